The van der Waals surface area contributed by atoms with Gasteiger partial charge in [0, 0.05) is 19.8 Å². The Morgan fingerprint density at radius 2 is 1.88 bits per heavy atom. The summed E-state index contributed by atoms with van der Waals surface area (Å²) in [6, 6.07) is 8.28. The van der Waals surface area contributed by atoms with E-state index in [9.17, 15) is 5.11 Å². The van der Waals surface area contributed by atoms with E-state index in [0.29, 0.717) is 6.42 Å². The highest BCUT2D eigenvalue weighted by Crippen LogP contribution is 2.23. The Morgan fingerprint density at radius 3 is 2.41 bits per heavy atom. The highest BCUT2D eigenvalue weighted by molar-refractivity contribution is 5.68. The number of nitrogens with zero attached hydrogens (tertiary/aromatic N) is 1. The molecule has 0 bridgehead atoms. The van der Waals surface area contributed by atoms with Gasteiger partial charge in [-0.25, -0.2) is 0 Å². The van der Waals surface area contributed by atoms with Gasteiger partial charge < -0.3 is 10.0 Å². The molecule has 0 aliphatic rings. The monoisotopic (exact) mass is 233 g/mol. The molecule has 1 aromatic rings. The van der Waals surface area contributed by atoms with Crippen LogP contribution in [0.1, 0.15) is 32.8 Å². The van der Waals surface area contributed by atoms with Crippen molar-refractivity contribution < 1.29 is 5.11 Å². The Hall–Kier alpha value is -1.28. The molecule has 0 atom stereocenters. The minimum Gasteiger partial charge on any atom is -0.390 e. The molecule has 0 saturated heterocycles. The summed E-state index contributed by atoms with van der Waals surface area (Å²) >= 11 is 0. The SMILES string of the molecule is C/C(=C/c1ccccc1N(C)C)CC(C)(C)O. The quantitative estimate of drug-likeness (QED) is 0.862. The summed E-state index contributed by atoms with van der Waals surface area (Å²) < 4.78 is 0. The molecule has 2 nitrogen and oxygen atoms in total. The molecule has 0 aliphatic carbocycles. The zero-order chi connectivity index (χ0) is 13.1. The van der Waals surface area contributed by atoms with E-state index in [1.807, 2.05) is 40.1 Å². The van der Waals surface area contributed by atoms with E-state index in [-0.39, 0.29) is 0 Å². The average Bonchev–Trinajstić information content (AvgIpc) is 2.14. The first-order valence-corrected chi connectivity index (χ1v) is 5.95. The number of aliphatic hydroxyl groups is 1. The molecule has 0 amide bonds. The molecule has 0 radical (unpaired) electrons. The van der Waals surface area contributed by atoms with Crippen molar-refractivity contribution >= 4 is 11.8 Å². The van der Waals surface area contributed by atoms with Crippen molar-refractivity contribution in [3.05, 3.63) is 35.4 Å². The van der Waals surface area contributed by atoms with Gasteiger partial charge in [-0.1, -0.05) is 29.8 Å². The third-order valence-electron chi connectivity index (χ3n) is 2.53. The maximum absolute atomic E-state index is 9.79. The summed E-state index contributed by atoms with van der Waals surface area (Å²) in [6.07, 6.45) is 2.84. The summed E-state index contributed by atoms with van der Waals surface area (Å²) in [5.41, 5.74) is 2.93. The van der Waals surface area contributed by atoms with Gasteiger partial charge >= 0.3 is 0 Å². The van der Waals surface area contributed by atoms with Crippen molar-refractivity contribution in [2.24, 2.45) is 0 Å². The number of hydrogen-bond acceptors (Lipinski definition) is 2. The van der Waals surface area contributed by atoms with Crippen LogP contribution in [0, 0.1) is 0 Å². The Kier molecular flexibility index (Phi) is 4.35. The topological polar surface area (TPSA) is 23.5 Å². The van der Waals surface area contributed by atoms with Crippen molar-refractivity contribution in [2.75, 3.05) is 19.0 Å². The first-order chi connectivity index (χ1) is 7.79. The van der Waals surface area contributed by atoms with E-state index < -0.39 is 5.60 Å². The lowest BCUT2D eigenvalue weighted by molar-refractivity contribution is 0.0813. The van der Waals surface area contributed by atoms with Crippen molar-refractivity contribution in [1.29, 1.82) is 0 Å². The molecule has 94 valence electrons. The molecule has 0 aliphatic heterocycles. The fourth-order valence-corrected chi connectivity index (χ4v) is 2.02. The van der Waals surface area contributed by atoms with Gasteiger partial charge in [0.25, 0.3) is 0 Å². The fraction of sp³-hybridized carbons (Fsp3) is 0.467. The maximum Gasteiger partial charge on any atom is 0.0628 e. The van der Waals surface area contributed by atoms with Gasteiger partial charge in [0.1, 0.15) is 0 Å². The summed E-state index contributed by atoms with van der Waals surface area (Å²) in [4.78, 5) is 2.10. The molecule has 1 N–H and O–H groups in total. The lowest BCUT2D eigenvalue weighted by Gasteiger charge is -2.19. The molecule has 0 spiro atoms. The van der Waals surface area contributed by atoms with Crippen LogP contribution in [0.25, 0.3) is 6.08 Å². The third-order valence-corrected chi connectivity index (χ3v) is 2.53. The predicted octanol–water partition coefficient (Wildman–Crippen LogP) is 3.32. The second-order valence-electron chi connectivity index (χ2n) is 5.43. The third kappa shape index (κ3) is 4.61. The molecular formula is C15H23NO. The van der Waals surface area contributed by atoms with Crippen molar-refractivity contribution in [3.63, 3.8) is 0 Å². The normalized spacial score (nSPS) is 12.7. The first-order valence-electron chi connectivity index (χ1n) is 5.95. The van der Waals surface area contributed by atoms with Crippen LogP contribution in [-0.4, -0.2) is 24.8 Å². The number of hydrogen-bond donors (Lipinski definition) is 1. The lowest BCUT2D eigenvalue weighted by Crippen LogP contribution is -2.18. The van der Waals surface area contributed by atoms with Crippen LogP contribution in [0.15, 0.2) is 29.8 Å². The van der Waals surface area contributed by atoms with E-state index in [1.54, 1.807) is 0 Å². The fourth-order valence-electron chi connectivity index (χ4n) is 2.02. The molecule has 0 aromatic heterocycles. The Morgan fingerprint density at radius 1 is 1.29 bits per heavy atom. The van der Waals surface area contributed by atoms with Crippen molar-refractivity contribution in [2.45, 2.75) is 32.8 Å². The van der Waals surface area contributed by atoms with Gasteiger partial charge in [-0.15, -0.1) is 0 Å². The molecule has 0 fully saturated rings. The molecule has 1 rings (SSSR count). The number of anilines is 1. The van der Waals surface area contributed by atoms with E-state index in [2.05, 4.69) is 30.0 Å². The van der Waals surface area contributed by atoms with Gasteiger partial charge in [-0.2, -0.15) is 0 Å². The van der Waals surface area contributed by atoms with E-state index in [4.69, 9.17) is 0 Å². The average molecular weight is 233 g/mol. The number of para-hydroxylation sites is 1. The zero-order valence-electron chi connectivity index (χ0n) is 11.5. The van der Waals surface area contributed by atoms with Crippen molar-refractivity contribution in [3.8, 4) is 0 Å². The number of benzene rings is 1. The predicted molar refractivity (Wildman–Crippen MR) is 75.3 cm³/mol. The first kappa shape index (κ1) is 13.8. The minimum absolute atomic E-state index is 0.645. The Bertz CT molecular complexity index is 400. The van der Waals surface area contributed by atoms with Crippen LogP contribution in [0.3, 0.4) is 0 Å². The zero-order valence-corrected chi connectivity index (χ0v) is 11.5. The Balaban J connectivity index is 2.98. The standard InChI is InChI=1S/C15H23NO/c1-12(11-15(2,3)17)10-13-8-6-7-9-14(13)16(4)5/h6-10,17H,11H2,1-5H3/b12-10-. The second-order valence-corrected chi connectivity index (χ2v) is 5.43. The molecule has 2 heteroatoms. The van der Waals surface area contributed by atoms with Gasteiger partial charge in [0.2, 0.25) is 0 Å². The van der Waals surface area contributed by atoms with Crippen LogP contribution in [-0.2, 0) is 0 Å². The van der Waals surface area contributed by atoms with Crippen LogP contribution < -0.4 is 4.90 Å². The summed E-state index contributed by atoms with van der Waals surface area (Å²) in [5.74, 6) is 0. The number of rotatable bonds is 4. The smallest absolute Gasteiger partial charge is 0.0628 e. The second kappa shape index (κ2) is 5.37. The molecule has 0 heterocycles. The lowest BCUT2D eigenvalue weighted by atomic mass is 9.97. The van der Waals surface area contributed by atoms with E-state index in [1.165, 1.54) is 16.8 Å². The van der Waals surface area contributed by atoms with Gasteiger partial charge in [0.05, 0.1) is 5.60 Å². The molecule has 0 unspecified atom stereocenters. The molecule has 0 saturated carbocycles. The summed E-state index contributed by atoms with van der Waals surface area (Å²) in [5, 5.41) is 9.79. The maximum atomic E-state index is 9.79. The van der Waals surface area contributed by atoms with Crippen molar-refractivity contribution in [1.82, 2.24) is 0 Å². The van der Waals surface area contributed by atoms with Crippen LogP contribution in [0.4, 0.5) is 5.69 Å². The summed E-state index contributed by atoms with van der Waals surface area (Å²) in [6.45, 7) is 5.73. The summed E-state index contributed by atoms with van der Waals surface area (Å²) in [7, 11) is 4.08. The highest BCUT2D eigenvalue weighted by atomic mass is 16.3. The van der Waals surface area contributed by atoms with Gasteiger partial charge in [-0.05, 0) is 38.8 Å². The van der Waals surface area contributed by atoms with Crippen LogP contribution >= 0.6 is 0 Å². The van der Waals surface area contributed by atoms with Gasteiger partial charge in [-0.3, -0.25) is 0 Å². The Labute approximate surface area is 105 Å². The van der Waals surface area contributed by atoms with Crippen LogP contribution in [0.2, 0.25) is 0 Å². The molecule has 17 heavy (non-hydrogen) atoms. The van der Waals surface area contributed by atoms with Gasteiger partial charge in [0.15, 0.2) is 0 Å². The molecule has 1 aromatic carbocycles. The largest absolute Gasteiger partial charge is 0.390 e. The minimum atomic E-state index is -0.645. The highest BCUT2D eigenvalue weighted by Gasteiger charge is 2.13. The molecular weight excluding hydrogens is 210 g/mol. The van der Waals surface area contributed by atoms with Crippen LogP contribution in [0.5, 0.6) is 0 Å². The van der Waals surface area contributed by atoms with E-state index >= 15 is 0 Å². The van der Waals surface area contributed by atoms with E-state index in [0.717, 1.165) is 0 Å².